The van der Waals surface area contributed by atoms with Gasteiger partial charge in [-0.3, -0.25) is 4.55 Å². The van der Waals surface area contributed by atoms with Gasteiger partial charge in [-0.2, -0.15) is 8.42 Å². The van der Waals surface area contributed by atoms with Crippen LogP contribution in [0.4, 0.5) is 0 Å². The van der Waals surface area contributed by atoms with Gasteiger partial charge in [0.1, 0.15) is 11.5 Å². The van der Waals surface area contributed by atoms with Crippen LogP contribution in [-0.2, 0) is 14.9 Å². The zero-order valence-electron chi connectivity index (χ0n) is 17.1. The second-order valence-corrected chi connectivity index (χ2v) is 10.6. The summed E-state index contributed by atoms with van der Waals surface area (Å²) in [5, 5.41) is 2.13. The number of rotatable bonds is 8. The first-order chi connectivity index (χ1) is 14.7. The number of carbonyl (C=O) groups is 1. The van der Waals surface area contributed by atoms with Gasteiger partial charge in [0, 0.05) is 3.92 Å². The maximum absolute atomic E-state index is 12.0. The van der Waals surface area contributed by atoms with Crippen LogP contribution in [0, 0.1) is 0 Å². The molecule has 0 heterocycles. The lowest BCUT2D eigenvalue weighted by Gasteiger charge is -2.19. The Morgan fingerprint density at radius 2 is 1.61 bits per heavy atom. The van der Waals surface area contributed by atoms with Crippen molar-refractivity contribution in [3.05, 3.63) is 66.2 Å². The van der Waals surface area contributed by atoms with Crippen molar-refractivity contribution >= 4 is 49.5 Å². The first-order valence-electron chi connectivity index (χ1n) is 9.76. The molecule has 3 aromatic carbocycles. The van der Waals surface area contributed by atoms with E-state index in [-0.39, 0.29) is 17.3 Å². The molecule has 8 heteroatoms. The summed E-state index contributed by atoms with van der Waals surface area (Å²) in [6, 6.07) is 16.9. The predicted octanol–water partition coefficient (Wildman–Crippen LogP) is 5.39. The number of hydrogen-bond donors (Lipinski definition) is 1. The van der Waals surface area contributed by atoms with Crippen molar-refractivity contribution in [1.82, 2.24) is 0 Å². The van der Waals surface area contributed by atoms with Gasteiger partial charge in [-0.05, 0) is 65.1 Å². The quantitative estimate of drug-likeness (QED) is 0.132. The molecular formula is C23H23IO6S. The van der Waals surface area contributed by atoms with E-state index in [4.69, 9.17) is 14.0 Å². The molecule has 6 nitrogen and oxygen atoms in total. The monoisotopic (exact) mass is 554 g/mol. The molecule has 164 valence electrons. The van der Waals surface area contributed by atoms with Crippen molar-refractivity contribution in [2.75, 3.05) is 6.61 Å². The number of carbonyl (C=O) groups excluding carboxylic acids is 1. The molecule has 3 aromatic rings. The normalized spacial score (nSPS) is 13.5. The Labute approximate surface area is 195 Å². The Bertz CT molecular complexity index is 1170. The van der Waals surface area contributed by atoms with E-state index in [0.717, 1.165) is 29.3 Å². The summed E-state index contributed by atoms with van der Waals surface area (Å²) in [5.74, 6) is 0.578. The van der Waals surface area contributed by atoms with Crippen LogP contribution in [0.15, 0.2) is 65.6 Å². The highest BCUT2D eigenvalue weighted by atomic mass is 127. The van der Waals surface area contributed by atoms with Crippen molar-refractivity contribution in [3.63, 3.8) is 0 Å². The number of halogens is 1. The average molecular weight is 554 g/mol. The standard InChI is InChI=1S/C23H23IO6S/c1-3-22(15(2)24)18-5-4-17-13-20(7-6-16(17)12-18)29-14-23(25)30-19-8-10-21(11-9-19)31(26,27)28/h4-13,15,22H,3,14H2,1-2H3,(H,26,27,28). The third-order valence-electron chi connectivity index (χ3n) is 4.97. The van der Waals surface area contributed by atoms with E-state index >= 15 is 0 Å². The number of esters is 1. The molecule has 3 rings (SSSR count). The van der Waals surface area contributed by atoms with Gasteiger partial charge in [0.2, 0.25) is 0 Å². The molecule has 0 saturated heterocycles. The van der Waals surface area contributed by atoms with Gasteiger partial charge in [0.05, 0.1) is 4.90 Å². The zero-order chi connectivity index (χ0) is 22.6. The first kappa shape index (κ1) is 23.5. The van der Waals surface area contributed by atoms with Gasteiger partial charge in [0.25, 0.3) is 10.1 Å². The van der Waals surface area contributed by atoms with Gasteiger partial charge in [-0.1, -0.05) is 60.7 Å². The van der Waals surface area contributed by atoms with Crippen molar-refractivity contribution in [2.45, 2.75) is 35.0 Å². The largest absolute Gasteiger partial charge is 0.482 e. The maximum atomic E-state index is 12.0. The van der Waals surface area contributed by atoms with Crippen LogP contribution < -0.4 is 9.47 Å². The fraction of sp³-hybridized carbons (Fsp3) is 0.261. The highest BCUT2D eigenvalue weighted by Gasteiger charge is 2.15. The SMILES string of the molecule is CCC(c1ccc2cc(OCC(=O)Oc3ccc(S(=O)(=O)O)cc3)ccc2c1)C(C)I. The molecular weight excluding hydrogens is 531 g/mol. The minimum atomic E-state index is -4.29. The summed E-state index contributed by atoms with van der Waals surface area (Å²) in [6.07, 6.45) is 1.08. The minimum Gasteiger partial charge on any atom is -0.482 e. The van der Waals surface area contributed by atoms with Gasteiger partial charge in [-0.15, -0.1) is 0 Å². The maximum Gasteiger partial charge on any atom is 0.349 e. The van der Waals surface area contributed by atoms with Gasteiger partial charge >= 0.3 is 5.97 Å². The second kappa shape index (κ2) is 9.97. The molecule has 0 bridgehead atoms. The van der Waals surface area contributed by atoms with Gasteiger partial charge in [0.15, 0.2) is 6.61 Å². The number of fused-ring (bicyclic) bond motifs is 1. The number of hydrogen-bond acceptors (Lipinski definition) is 5. The Balaban J connectivity index is 1.63. The van der Waals surface area contributed by atoms with E-state index in [1.807, 2.05) is 18.2 Å². The average Bonchev–Trinajstić information content (AvgIpc) is 2.72. The fourth-order valence-corrected chi connectivity index (χ4v) is 4.77. The van der Waals surface area contributed by atoms with E-state index in [1.165, 1.54) is 17.7 Å². The number of ether oxygens (including phenoxy) is 2. The van der Waals surface area contributed by atoms with Crippen LogP contribution in [0.25, 0.3) is 10.8 Å². The van der Waals surface area contributed by atoms with Crippen molar-refractivity contribution in [1.29, 1.82) is 0 Å². The van der Waals surface area contributed by atoms with Crippen LogP contribution in [-0.4, -0.2) is 29.5 Å². The Morgan fingerprint density at radius 1 is 1.00 bits per heavy atom. The lowest BCUT2D eigenvalue weighted by atomic mass is 9.92. The molecule has 0 aliphatic rings. The van der Waals surface area contributed by atoms with E-state index in [2.05, 4.69) is 54.6 Å². The lowest BCUT2D eigenvalue weighted by molar-refractivity contribution is -0.136. The third kappa shape index (κ3) is 6.18. The highest BCUT2D eigenvalue weighted by Crippen LogP contribution is 2.31. The molecule has 0 aliphatic carbocycles. The van der Waals surface area contributed by atoms with E-state index < -0.39 is 16.1 Å². The van der Waals surface area contributed by atoms with E-state index in [1.54, 1.807) is 0 Å². The molecule has 0 radical (unpaired) electrons. The van der Waals surface area contributed by atoms with Crippen LogP contribution in [0.2, 0.25) is 0 Å². The molecule has 0 amide bonds. The molecule has 0 saturated carbocycles. The van der Waals surface area contributed by atoms with Gasteiger partial charge < -0.3 is 9.47 Å². The molecule has 2 unspecified atom stereocenters. The van der Waals surface area contributed by atoms with Crippen molar-refractivity contribution in [3.8, 4) is 11.5 Å². The molecule has 0 fully saturated rings. The third-order valence-corrected chi connectivity index (χ3v) is 6.70. The lowest BCUT2D eigenvalue weighted by Crippen LogP contribution is -2.17. The van der Waals surface area contributed by atoms with Crippen LogP contribution in [0.5, 0.6) is 11.5 Å². The highest BCUT2D eigenvalue weighted by molar-refractivity contribution is 14.1. The molecule has 1 N–H and O–H groups in total. The molecule has 0 aliphatic heterocycles. The summed E-state index contributed by atoms with van der Waals surface area (Å²) >= 11 is 2.47. The number of benzene rings is 3. The minimum absolute atomic E-state index is 0.155. The van der Waals surface area contributed by atoms with Crippen molar-refractivity contribution in [2.24, 2.45) is 0 Å². The van der Waals surface area contributed by atoms with Crippen LogP contribution in [0.3, 0.4) is 0 Å². The Morgan fingerprint density at radius 3 is 2.23 bits per heavy atom. The smallest absolute Gasteiger partial charge is 0.349 e. The van der Waals surface area contributed by atoms with Crippen LogP contribution in [0.1, 0.15) is 31.7 Å². The molecule has 0 spiro atoms. The van der Waals surface area contributed by atoms with E-state index in [0.29, 0.717) is 15.6 Å². The summed E-state index contributed by atoms with van der Waals surface area (Å²) < 4.78 is 42.3. The molecule has 31 heavy (non-hydrogen) atoms. The second-order valence-electron chi connectivity index (χ2n) is 7.17. The Hall–Kier alpha value is -2.17. The Kier molecular flexibility index (Phi) is 7.55. The molecule has 2 atom stereocenters. The first-order valence-corrected chi connectivity index (χ1v) is 12.4. The zero-order valence-corrected chi connectivity index (χ0v) is 20.1. The number of alkyl halides is 1. The summed E-state index contributed by atoms with van der Waals surface area (Å²) in [6.45, 7) is 4.12. The fourth-order valence-electron chi connectivity index (χ4n) is 3.37. The predicted molar refractivity (Wildman–Crippen MR) is 128 cm³/mol. The topological polar surface area (TPSA) is 89.9 Å². The molecule has 0 aromatic heterocycles. The van der Waals surface area contributed by atoms with Gasteiger partial charge in [-0.25, -0.2) is 4.79 Å². The summed E-state index contributed by atoms with van der Waals surface area (Å²) in [7, 11) is -4.29. The van der Waals surface area contributed by atoms with Crippen LogP contribution >= 0.6 is 22.6 Å². The van der Waals surface area contributed by atoms with Crippen molar-refractivity contribution < 1.29 is 27.2 Å². The van der Waals surface area contributed by atoms with E-state index in [9.17, 15) is 13.2 Å². The summed E-state index contributed by atoms with van der Waals surface area (Å²) in [4.78, 5) is 11.8. The summed E-state index contributed by atoms with van der Waals surface area (Å²) in [5.41, 5.74) is 1.31.